The van der Waals surface area contributed by atoms with E-state index in [0.29, 0.717) is 5.56 Å². The summed E-state index contributed by atoms with van der Waals surface area (Å²) in [5, 5.41) is 21.8. The number of phenols is 1. The predicted molar refractivity (Wildman–Crippen MR) is 95.5 cm³/mol. The molecule has 0 radical (unpaired) electrons. The molecule has 144 valence electrons. The molecular weight excluding hydrogens is 360 g/mol. The maximum absolute atomic E-state index is 12.0. The fraction of sp³-hybridized carbons (Fsp3) is 0.267. The van der Waals surface area contributed by atoms with Gasteiger partial charge >= 0.3 is 5.69 Å². The van der Waals surface area contributed by atoms with E-state index in [0.717, 1.165) is 0 Å². The van der Waals surface area contributed by atoms with E-state index in [2.05, 4.69) is 20.9 Å². The summed E-state index contributed by atoms with van der Waals surface area (Å²) < 4.78 is 10.1. The molecule has 0 saturated carbocycles. The van der Waals surface area contributed by atoms with Crippen molar-refractivity contribution >= 4 is 17.9 Å². The number of hydrogen-bond acceptors (Lipinski definition) is 9. The van der Waals surface area contributed by atoms with Crippen LogP contribution in [0.15, 0.2) is 26.8 Å². The number of nitrogens with zero attached hydrogens (tertiary/aromatic N) is 2. The first-order chi connectivity index (χ1) is 12.8. The minimum Gasteiger partial charge on any atom is -0.502 e. The van der Waals surface area contributed by atoms with Crippen LogP contribution in [0.3, 0.4) is 0 Å². The Morgan fingerprint density at radius 1 is 1.30 bits per heavy atom. The van der Waals surface area contributed by atoms with E-state index in [9.17, 15) is 19.5 Å². The second kappa shape index (κ2) is 8.51. The summed E-state index contributed by atoms with van der Waals surface area (Å²) in [6.07, 6.45) is 1.32. The van der Waals surface area contributed by atoms with E-state index in [1.165, 1.54) is 39.5 Å². The highest BCUT2D eigenvalue weighted by Crippen LogP contribution is 2.36. The summed E-state index contributed by atoms with van der Waals surface area (Å²) >= 11 is 0. The molecule has 1 aromatic carbocycles. The summed E-state index contributed by atoms with van der Waals surface area (Å²) in [5.74, 6) is -0.565. The molecule has 0 aliphatic carbocycles. The molecule has 27 heavy (non-hydrogen) atoms. The minimum atomic E-state index is -0.870. The van der Waals surface area contributed by atoms with Gasteiger partial charge in [-0.05, 0) is 19.1 Å². The van der Waals surface area contributed by atoms with Gasteiger partial charge in [-0.3, -0.25) is 14.6 Å². The highest BCUT2D eigenvalue weighted by atomic mass is 16.5. The minimum absolute atomic E-state index is 0.155. The number of ether oxygens (including phenoxy) is 2. The number of aromatic hydroxyl groups is 1. The summed E-state index contributed by atoms with van der Waals surface area (Å²) in [6, 6.07) is 2.13. The van der Waals surface area contributed by atoms with Crippen molar-refractivity contribution in [2.75, 3.05) is 19.5 Å². The maximum atomic E-state index is 12.0. The molecule has 1 heterocycles. The van der Waals surface area contributed by atoms with Crippen molar-refractivity contribution in [3.63, 3.8) is 0 Å². The van der Waals surface area contributed by atoms with Crippen molar-refractivity contribution in [1.82, 2.24) is 20.6 Å². The number of aromatic nitrogens is 3. The lowest BCUT2D eigenvalue weighted by Gasteiger charge is -2.11. The third-order valence-corrected chi connectivity index (χ3v) is 3.35. The first-order valence-electron chi connectivity index (χ1n) is 7.59. The lowest BCUT2D eigenvalue weighted by atomic mass is 10.2. The molecule has 0 unspecified atom stereocenters. The molecule has 1 amide bonds. The van der Waals surface area contributed by atoms with Crippen molar-refractivity contribution in [2.24, 2.45) is 5.10 Å². The third-order valence-electron chi connectivity index (χ3n) is 3.35. The molecule has 0 bridgehead atoms. The van der Waals surface area contributed by atoms with Crippen LogP contribution in [0.5, 0.6) is 17.2 Å². The number of hydrazone groups is 1. The molecule has 0 aliphatic heterocycles. The Morgan fingerprint density at radius 3 is 2.48 bits per heavy atom. The maximum Gasteiger partial charge on any atom is 0.342 e. The van der Waals surface area contributed by atoms with Gasteiger partial charge in [-0.15, -0.1) is 5.10 Å². The van der Waals surface area contributed by atoms with E-state index in [-0.39, 0.29) is 23.1 Å². The molecule has 0 spiro atoms. The number of rotatable bonds is 7. The van der Waals surface area contributed by atoms with E-state index < -0.39 is 23.2 Å². The Balaban J connectivity index is 2.04. The number of anilines is 1. The van der Waals surface area contributed by atoms with E-state index in [1.807, 2.05) is 10.1 Å². The van der Waals surface area contributed by atoms with Crippen molar-refractivity contribution < 1.29 is 19.4 Å². The first-order valence-corrected chi connectivity index (χ1v) is 7.59. The smallest absolute Gasteiger partial charge is 0.342 e. The van der Waals surface area contributed by atoms with Gasteiger partial charge in [0.2, 0.25) is 11.6 Å². The molecule has 2 aromatic rings. The van der Waals surface area contributed by atoms with Gasteiger partial charge in [0, 0.05) is 5.56 Å². The molecule has 0 fully saturated rings. The molecule has 12 nitrogen and oxygen atoms in total. The number of nitrogens with one attached hydrogen (secondary N) is 4. The van der Waals surface area contributed by atoms with Crippen LogP contribution in [0.1, 0.15) is 12.5 Å². The second-order valence-corrected chi connectivity index (χ2v) is 5.23. The highest BCUT2D eigenvalue weighted by molar-refractivity contribution is 5.87. The van der Waals surface area contributed by atoms with Crippen LogP contribution in [-0.2, 0) is 4.79 Å². The van der Waals surface area contributed by atoms with Crippen molar-refractivity contribution in [2.45, 2.75) is 13.0 Å². The van der Waals surface area contributed by atoms with Gasteiger partial charge in [0.15, 0.2) is 11.5 Å². The number of H-pyrrole nitrogens is 2. The van der Waals surface area contributed by atoms with Crippen LogP contribution in [0.4, 0.5) is 5.82 Å². The molecule has 12 heteroatoms. The van der Waals surface area contributed by atoms with Crippen LogP contribution in [-0.4, -0.2) is 52.7 Å². The van der Waals surface area contributed by atoms with Crippen LogP contribution in [0.2, 0.25) is 0 Å². The lowest BCUT2D eigenvalue weighted by molar-refractivity contribution is -0.121. The van der Waals surface area contributed by atoms with E-state index in [1.54, 1.807) is 0 Å². The molecule has 1 atom stereocenters. The quantitative estimate of drug-likeness (QED) is 0.306. The zero-order chi connectivity index (χ0) is 20.0. The zero-order valence-corrected chi connectivity index (χ0v) is 14.7. The monoisotopic (exact) mass is 378 g/mol. The Kier molecular flexibility index (Phi) is 6.14. The van der Waals surface area contributed by atoms with E-state index in [4.69, 9.17) is 9.47 Å². The Morgan fingerprint density at radius 2 is 1.93 bits per heavy atom. The SMILES string of the molecule is COc1cc(/C=N\NC(=O)[C@@H](C)Nc2n[nH]c(=O)[nH]c2=O)cc(OC)c1O. The molecular formula is C15H18N6O6. The van der Waals surface area contributed by atoms with Gasteiger partial charge in [0.1, 0.15) is 6.04 Å². The Hall–Kier alpha value is -3.83. The van der Waals surface area contributed by atoms with Crippen molar-refractivity contribution in [3.8, 4) is 17.2 Å². The largest absolute Gasteiger partial charge is 0.502 e. The zero-order valence-electron chi connectivity index (χ0n) is 14.7. The van der Waals surface area contributed by atoms with Gasteiger partial charge in [0.25, 0.3) is 11.5 Å². The number of carbonyl (C=O) groups is 1. The number of phenolic OH excluding ortho intramolecular Hbond substituents is 1. The first kappa shape index (κ1) is 19.5. The Bertz CT molecular complexity index is 941. The summed E-state index contributed by atoms with van der Waals surface area (Å²) in [5.41, 5.74) is 1.27. The standard InChI is InChI=1S/C15H18N6O6/c1-7(17-12-14(24)18-15(25)21-19-12)13(23)20-16-6-8-4-9(26-2)11(22)10(5-8)27-3/h4-7,22H,1-3H3,(H,17,19)(H,20,23)(H2,18,21,24,25)/b16-6-/t7-/m1/s1. The van der Waals surface area contributed by atoms with Crippen LogP contribution >= 0.6 is 0 Å². The normalized spacial score (nSPS) is 11.8. The van der Waals surface area contributed by atoms with Gasteiger partial charge in [-0.2, -0.15) is 5.10 Å². The topological polar surface area (TPSA) is 171 Å². The lowest BCUT2D eigenvalue weighted by Crippen LogP contribution is -2.38. The van der Waals surface area contributed by atoms with Crippen molar-refractivity contribution in [1.29, 1.82) is 0 Å². The average Bonchev–Trinajstić information content (AvgIpc) is 2.64. The number of amides is 1. The van der Waals surface area contributed by atoms with Crippen LogP contribution in [0, 0.1) is 0 Å². The summed E-state index contributed by atoms with van der Waals surface area (Å²) in [7, 11) is 2.77. The number of aromatic amines is 2. The Labute approximate surface area is 152 Å². The molecule has 1 aromatic heterocycles. The fourth-order valence-electron chi connectivity index (χ4n) is 1.97. The molecule has 2 rings (SSSR count). The van der Waals surface area contributed by atoms with Crippen LogP contribution < -0.4 is 31.5 Å². The third kappa shape index (κ3) is 4.84. The van der Waals surface area contributed by atoms with Gasteiger partial charge in [-0.1, -0.05) is 0 Å². The second-order valence-electron chi connectivity index (χ2n) is 5.23. The molecule has 5 N–H and O–H groups in total. The van der Waals surface area contributed by atoms with Gasteiger partial charge < -0.3 is 19.9 Å². The molecule has 0 saturated heterocycles. The van der Waals surface area contributed by atoms with Gasteiger partial charge in [0.05, 0.1) is 20.4 Å². The summed E-state index contributed by atoms with van der Waals surface area (Å²) in [4.78, 5) is 36.5. The van der Waals surface area contributed by atoms with Crippen LogP contribution in [0.25, 0.3) is 0 Å². The van der Waals surface area contributed by atoms with Crippen molar-refractivity contribution in [3.05, 3.63) is 38.5 Å². The predicted octanol–water partition coefficient (Wildman–Crippen LogP) is -0.868. The number of benzene rings is 1. The average molecular weight is 378 g/mol. The van der Waals surface area contributed by atoms with Gasteiger partial charge in [-0.25, -0.2) is 15.3 Å². The molecule has 0 aliphatic rings. The summed E-state index contributed by atoms with van der Waals surface area (Å²) in [6.45, 7) is 1.48. The number of hydrogen-bond donors (Lipinski definition) is 5. The van der Waals surface area contributed by atoms with E-state index >= 15 is 0 Å². The number of methoxy groups -OCH3 is 2. The number of carbonyl (C=O) groups excluding carboxylic acids is 1. The highest BCUT2D eigenvalue weighted by Gasteiger charge is 2.15. The fourth-order valence-corrected chi connectivity index (χ4v) is 1.97.